The summed E-state index contributed by atoms with van der Waals surface area (Å²) in [4.78, 5) is 12.4. The molecule has 0 aromatic heterocycles. The Morgan fingerprint density at radius 2 is 2.11 bits per heavy atom. The lowest BCUT2D eigenvalue weighted by molar-refractivity contribution is -0.151. The fourth-order valence-corrected chi connectivity index (χ4v) is 2.87. The van der Waals surface area contributed by atoms with Crippen LogP contribution in [0.3, 0.4) is 0 Å². The van der Waals surface area contributed by atoms with Crippen LogP contribution in [-0.2, 0) is 20.7 Å². The second-order valence-electron chi connectivity index (χ2n) is 4.69. The lowest BCUT2D eigenvalue weighted by Crippen LogP contribution is -2.46. The van der Waals surface area contributed by atoms with E-state index in [0.29, 0.717) is 36.1 Å². The highest BCUT2D eigenvalue weighted by molar-refractivity contribution is 9.10. The van der Waals surface area contributed by atoms with Gasteiger partial charge in [-0.3, -0.25) is 4.79 Å². The Labute approximate surface area is 120 Å². The van der Waals surface area contributed by atoms with Crippen LogP contribution < -0.4 is 0 Å². The van der Waals surface area contributed by atoms with Crippen molar-refractivity contribution >= 4 is 21.7 Å². The molecule has 0 bridgehead atoms. The van der Waals surface area contributed by atoms with Crippen LogP contribution in [0, 0.1) is 5.82 Å². The van der Waals surface area contributed by atoms with Crippen LogP contribution in [-0.4, -0.2) is 31.7 Å². The first-order chi connectivity index (χ1) is 9.05. The Balaban J connectivity index is 2.14. The van der Waals surface area contributed by atoms with E-state index >= 15 is 0 Å². The van der Waals surface area contributed by atoms with E-state index in [9.17, 15) is 9.18 Å². The molecule has 0 saturated carbocycles. The second kappa shape index (κ2) is 6.11. The van der Waals surface area contributed by atoms with E-state index in [-0.39, 0.29) is 18.0 Å². The first-order valence-electron chi connectivity index (χ1n) is 6.17. The van der Waals surface area contributed by atoms with Gasteiger partial charge in [0.05, 0.1) is 0 Å². The van der Waals surface area contributed by atoms with Gasteiger partial charge in [-0.15, -0.1) is 0 Å². The number of ether oxygens (including phenoxy) is 2. The fourth-order valence-electron chi connectivity index (χ4n) is 2.36. The average Bonchev–Trinajstić information content (AvgIpc) is 2.38. The number of hydrogen-bond acceptors (Lipinski definition) is 3. The van der Waals surface area contributed by atoms with Crippen LogP contribution in [0.1, 0.15) is 18.4 Å². The Hall–Kier alpha value is -0.780. The van der Waals surface area contributed by atoms with E-state index in [1.54, 1.807) is 13.2 Å². The van der Waals surface area contributed by atoms with Crippen molar-refractivity contribution in [2.24, 2.45) is 0 Å². The van der Waals surface area contributed by atoms with E-state index in [1.807, 2.05) is 0 Å². The summed E-state index contributed by atoms with van der Waals surface area (Å²) >= 11 is 3.23. The molecule has 1 heterocycles. The summed E-state index contributed by atoms with van der Waals surface area (Å²) in [5.74, 6) is -0.369. The number of Topliss-reactive ketones (excluding diaryl/α,β-unsaturated/α-hetero) is 1. The molecule has 1 aliphatic rings. The Bertz CT molecular complexity index is 450. The van der Waals surface area contributed by atoms with Crippen molar-refractivity contribution in [1.82, 2.24) is 0 Å². The van der Waals surface area contributed by atoms with Crippen LogP contribution in [0.2, 0.25) is 0 Å². The van der Waals surface area contributed by atoms with Crippen molar-refractivity contribution in [3.05, 3.63) is 34.1 Å². The van der Waals surface area contributed by atoms with Gasteiger partial charge < -0.3 is 9.47 Å². The number of hydrogen-bond donors (Lipinski definition) is 0. The van der Waals surface area contributed by atoms with Crippen molar-refractivity contribution in [2.45, 2.75) is 24.9 Å². The molecule has 5 heteroatoms. The zero-order valence-electron chi connectivity index (χ0n) is 10.7. The van der Waals surface area contributed by atoms with E-state index in [2.05, 4.69) is 15.9 Å². The minimum absolute atomic E-state index is 0.0178. The highest BCUT2D eigenvalue weighted by Crippen LogP contribution is 2.27. The zero-order valence-corrected chi connectivity index (χ0v) is 12.3. The molecular formula is C14H16BrFO3. The summed E-state index contributed by atoms with van der Waals surface area (Å²) in [6, 6.07) is 4.50. The third-order valence-electron chi connectivity index (χ3n) is 3.49. The van der Waals surface area contributed by atoms with Crippen LogP contribution >= 0.6 is 15.9 Å². The molecule has 0 atom stereocenters. The summed E-state index contributed by atoms with van der Waals surface area (Å²) in [5.41, 5.74) is -0.128. The van der Waals surface area contributed by atoms with Crippen molar-refractivity contribution in [2.75, 3.05) is 20.3 Å². The molecule has 1 saturated heterocycles. The molecule has 1 aromatic carbocycles. The van der Waals surface area contributed by atoms with Crippen molar-refractivity contribution in [3.63, 3.8) is 0 Å². The van der Waals surface area contributed by atoms with E-state index in [0.717, 1.165) is 0 Å². The Kier molecular flexibility index (Phi) is 4.71. The van der Waals surface area contributed by atoms with Crippen LogP contribution in [0.15, 0.2) is 22.7 Å². The maximum atomic E-state index is 13.3. The normalized spacial score (nSPS) is 18.3. The number of ketones is 1. The van der Waals surface area contributed by atoms with Gasteiger partial charge in [0.1, 0.15) is 11.4 Å². The van der Waals surface area contributed by atoms with E-state index < -0.39 is 5.60 Å². The molecule has 19 heavy (non-hydrogen) atoms. The van der Waals surface area contributed by atoms with Crippen LogP contribution in [0.25, 0.3) is 0 Å². The summed E-state index contributed by atoms with van der Waals surface area (Å²) in [6.45, 7) is 1.04. The predicted molar refractivity (Wildman–Crippen MR) is 72.6 cm³/mol. The highest BCUT2D eigenvalue weighted by Gasteiger charge is 2.39. The molecule has 104 valence electrons. The molecule has 0 unspecified atom stereocenters. The number of rotatable bonds is 4. The summed E-state index contributed by atoms with van der Waals surface area (Å²) in [6.07, 6.45) is 1.28. The lowest BCUT2D eigenvalue weighted by atomic mass is 9.86. The van der Waals surface area contributed by atoms with Crippen molar-refractivity contribution < 1.29 is 18.7 Å². The van der Waals surface area contributed by atoms with Crippen LogP contribution in [0.5, 0.6) is 0 Å². The molecule has 0 aliphatic carbocycles. The lowest BCUT2D eigenvalue weighted by Gasteiger charge is -2.34. The second-order valence-corrected chi connectivity index (χ2v) is 5.60. The number of halogens is 2. The molecular weight excluding hydrogens is 315 g/mol. The van der Waals surface area contributed by atoms with E-state index in [1.165, 1.54) is 12.1 Å². The molecule has 0 amide bonds. The third kappa shape index (κ3) is 3.41. The Morgan fingerprint density at radius 3 is 2.68 bits per heavy atom. The maximum Gasteiger partial charge on any atom is 0.169 e. The molecule has 1 aromatic rings. The third-order valence-corrected chi connectivity index (χ3v) is 3.94. The molecule has 0 N–H and O–H groups in total. The largest absolute Gasteiger partial charge is 0.381 e. The number of methoxy groups -OCH3 is 1. The van der Waals surface area contributed by atoms with Gasteiger partial charge in [0.25, 0.3) is 0 Å². The van der Waals surface area contributed by atoms with Gasteiger partial charge in [-0.25, -0.2) is 4.39 Å². The first-order valence-corrected chi connectivity index (χ1v) is 6.96. The molecule has 0 radical (unpaired) electrons. The molecule has 2 rings (SSSR count). The standard InChI is InChI=1S/C14H16BrFO3/c1-18-14(2-4-19-5-3-14)13(17)8-10-6-11(15)9-12(16)7-10/h6-7,9H,2-5,8H2,1H3. The Morgan fingerprint density at radius 1 is 1.42 bits per heavy atom. The zero-order chi connectivity index (χ0) is 13.9. The molecule has 3 nitrogen and oxygen atoms in total. The van der Waals surface area contributed by atoms with Gasteiger partial charge in [0, 0.05) is 44.1 Å². The SMILES string of the molecule is COC1(C(=O)Cc2cc(F)cc(Br)c2)CCOCC1. The molecule has 0 spiro atoms. The van der Waals surface area contributed by atoms with Crippen molar-refractivity contribution in [1.29, 1.82) is 0 Å². The highest BCUT2D eigenvalue weighted by atomic mass is 79.9. The topological polar surface area (TPSA) is 35.5 Å². The minimum Gasteiger partial charge on any atom is -0.381 e. The first kappa shape index (κ1) is 14.6. The average molecular weight is 331 g/mol. The maximum absolute atomic E-state index is 13.3. The number of carbonyl (C=O) groups excluding carboxylic acids is 1. The van der Waals surface area contributed by atoms with Gasteiger partial charge in [-0.1, -0.05) is 15.9 Å². The summed E-state index contributed by atoms with van der Waals surface area (Å²) in [7, 11) is 1.55. The number of benzene rings is 1. The van der Waals surface area contributed by atoms with Gasteiger partial charge in [-0.05, 0) is 23.8 Å². The van der Waals surface area contributed by atoms with Gasteiger partial charge in [0.2, 0.25) is 0 Å². The molecule has 1 aliphatic heterocycles. The number of carbonyl (C=O) groups is 1. The predicted octanol–water partition coefficient (Wildman–Crippen LogP) is 2.90. The van der Waals surface area contributed by atoms with Crippen molar-refractivity contribution in [3.8, 4) is 0 Å². The molecule has 1 fully saturated rings. The van der Waals surface area contributed by atoms with E-state index in [4.69, 9.17) is 9.47 Å². The summed E-state index contributed by atoms with van der Waals surface area (Å²) < 4.78 is 24.6. The quantitative estimate of drug-likeness (QED) is 0.851. The van der Waals surface area contributed by atoms with Gasteiger partial charge in [-0.2, -0.15) is 0 Å². The fraction of sp³-hybridized carbons (Fsp3) is 0.500. The van der Waals surface area contributed by atoms with Crippen LogP contribution in [0.4, 0.5) is 4.39 Å². The van der Waals surface area contributed by atoms with Gasteiger partial charge in [0.15, 0.2) is 5.78 Å². The monoisotopic (exact) mass is 330 g/mol. The summed E-state index contributed by atoms with van der Waals surface area (Å²) in [5, 5.41) is 0. The smallest absolute Gasteiger partial charge is 0.169 e. The van der Waals surface area contributed by atoms with Gasteiger partial charge >= 0.3 is 0 Å². The minimum atomic E-state index is -0.781.